The zero-order valence-corrected chi connectivity index (χ0v) is 9.83. The summed E-state index contributed by atoms with van der Waals surface area (Å²) in [6.45, 7) is 8.74. The number of aryl methyl sites for hydroxylation is 1. The summed E-state index contributed by atoms with van der Waals surface area (Å²) in [6.07, 6.45) is 2.14. The van der Waals surface area contributed by atoms with Crippen LogP contribution in [0, 0.1) is 6.92 Å². The molecule has 15 heavy (non-hydrogen) atoms. The van der Waals surface area contributed by atoms with Crippen molar-refractivity contribution in [2.24, 2.45) is 0 Å². The number of nitrogens with zero attached hydrogens (tertiary/aromatic N) is 1. The van der Waals surface area contributed by atoms with Gasteiger partial charge in [-0.1, -0.05) is 0 Å². The lowest BCUT2D eigenvalue weighted by atomic mass is 10.1. The summed E-state index contributed by atoms with van der Waals surface area (Å²) in [5.41, 5.74) is 9.32. The SMILES string of the molecule is Cc1cc(N)cc2ccn(C(C)(C)C)c12. The van der Waals surface area contributed by atoms with E-state index in [1.165, 1.54) is 16.5 Å². The van der Waals surface area contributed by atoms with Gasteiger partial charge in [0.2, 0.25) is 0 Å². The van der Waals surface area contributed by atoms with Gasteiger partial charge in [0.1, 0.15) is 0 Å². The van der Waals surface area contributed by atoms with Gasteiger partial charge in [0.15, 0.2) is 0 Å². The van der Waals surface area contributed by atoms with Crippen molar-refractivity contribution in [2.45, 2.75) is 33.2 Å². The van der Waals surface area contributed by atoms with Crippen LogP contribution in [0.25, 0.3) is 10.9 Å². The third kappa shape index (κ3) is 1.60. The van der Waals surface area contributed by atoms with Crippen LogP contribution in [-0.2, 0) is 5.54 Å². The fraction of sp³-hybridized carbons (Fsp3) is 0.385. The Morgan fingerprint density at radius 3 is 2.47 bits per heavy atom. The molecule has 1 heterocycles. The van der Waals surface area contributed by atoms with Crippen LogP contribution in [0.4, 0.5) is 5.69 Å². The first-order chi connectivity index (χ1) is 6.89. The summed E-state index contributed by atoms with van der Waals surface area (Å²) in [6, 6.07) is 6.19. The van der Waals surface area contributed by atoms with Gasteiger partial charge in [-0.15, -0.1) is 0 Å². The number of rotatable bonds is 0. The van der Waals surface area contributed by atoms with Crippen molar-refractivity contribution in [1.82, 2.24) is 4.57 Å². The number of nitrogen functional groups attached to an aromatic ring is 1. The maximum Gasteiger partial charge on any atom is 0.0516 e. The predicted octanol–water partition coefficient (Wildman–Crippen LogP) is 3.29. The molecule has 0 amide bonds. The summed E-state index contributed by atoms with van der Waals surface area (Å²) in [4.78, 5) is 0. The second-order valence-corrected chi connectivity index (χ2v) is 5.13. The fourth-order valence-corrected chi connectivity index (χ4v) is 2.08. The van der Waals surface area contributed by atoms with Crippen molar-refractivity contribution in [3.8, 4) is 0 Å². The number of nitrogens with two attached hydrogens (primary N) is 1. The Bertz CT molecular complexity index is 501. The van der Waals surface area contributed by atoms with Gasteiger partial charge in [-0.3, -0.25) is 0 Å². The fourth-order valence-electron chi connectivity index (χ4n) is 2.08. The monoisotopic (exact) mass is 202 g/mol. The average molecular weight is 202 g/mol. The smallest absolute Gasteiger partial charge is 0.0516 e. The van der Waals surface area contributed by atoms with Gasteiger partial charge in [-0.2, -0.15) is 0 Å². The van der Waals surface area contributed by atoms with Gasteiger partial charge in [0, 0.05) is 22.8 Å². The molecule has 1 aromatic heterocycles. The van der Waals surface area contributed by atoms with Crippen molar-refractivity contribution in [3.05, 3.63) is 30.0 Å². The van der Waals surface area contributed by atoms with Crippen LogP contribution in [0.2, 0.25) is 0 Å². The number of aromatic nitrogens is 1. The number of hydrogen-bond acceptors (Lipinski definition) is 1. The van der Waals surface area contributed by atoms with Crippen LogP contribution in [0.1, 0.15) is 26.3 Å². The summed E-state index contributed by atoms with van der Waals surface area (Å²) in [5, 5.41) is 1.22. The van der Waals surface area contributed by atoms with Crippen molar-refractivity contribution in [1.29, 1.82) is 0 Å². The summed E-state index contributed by atoms with van der Waals surface area (Å²) in [5.74, 6) is 0. The Kier molecular flexibility index (Phi) is 2.03. The standard InChI is InChI=1S/C13H18N2/c1-9-7-11(14)8-10-5-6-15(12(9)10)13(2,3)4/h5-8H,14H2,1-4H3. The highest BCUT2D eigenvalue weighted by Gasteiger charge is 2.16. The van der Waals surface area contributed by atoms with Gasteiger partial charge < -0.3 is 10.3 Å². The van der Waals surface area contributed by atoms with Gasteiger partial charge in [-0.05, 0) is 51.5 Å². The molecule has 0 radical (unpaired) electrons. The average Bonchev–Trinajstić information content (AvgIpc) is 2.45. The first-order valence-corrected chi connectivity index (χ1v) is 5.27. The summed E-state index contributed by atoms with van der Waals surface area (Å²) in [7, 11) is 0. The molecule has 80 valence electrons. The molecule has 2 rings (SSSR count). The van der Waals surface area contributed by atoms with Crippen LogP contribution >= 0.6 is 0 Å². The van der Waals surface area contributed by atoms with E-state index in [2.05, 4.69) is 44.5 Å². The second kappa shape index (κ2) is 3.02. The molecule has 2 aromatic rings. The van der Waals surface area contributed by atoms with E-state index < -0.39 is 0 Å². The Balaban J connectivity index is 2.81. The second-order valence-electron chi connectivity index (χ2n) is 5.13. The number of fused-ring (bicyclic) bond motifs is 1. The molecule has 2 N–H and O–H groups in total. The minimum Gasteiger partial charge on any atom is -0.399 e. The molecule has 0 fully saturated rings. The quantitative estimate of drug-likeness (QED) is 0.653. The molecule has 0 saturated carbocycles. The van der Waals surface area contributed by atoms with E-state index in [9.17, 15) is 0 Å². The minimum atomic E-state index is 0.114. The molecule has 2 heteroatoms. The van der Waals surface area contributed by atoms with Crippen molar-refractivity contribution in [2.75, 3.05) is 5.73 Å². The molecule has 0 spiro atoms. The summed E-state index contributed by atoms with van der Waals surface area (Å²) >= 11 is 0. The van der Waals surface area contributed by atoms with Crippen molar-refractivity contribution < 1.29 is 0 Å². The van der Waals surface area contributed by atoms with Gasteiger partial charge in [0.05, 0.1) is 5.52 Å². The first kappa shape index (κ1) is 10.1. The van der Waals surface area contributed by atoms with Gasteiger partial charge >= 0.3 is 0 Å². The maximum absolute atomic E-state index is 5.83. The minimum absolute atomic E-state index is 0.114. The normalized spacial score (nSPS) is 12.3. The van der Waals surface area contributed by atoms with E-state index in [1.807, 2.05) is 12.1 Å². The zero-order chi connectivity index (χ0) is 11.2. The van der Waals surface area contributed by atoms with Gasteiger partial charge in [-0.25, -0.2) is 0 Å². The van der Waals surface area contributed by atoms with Crippen LogP contribution in [0.3, 0.4) is 0 Å². The Hall–Kier alpha value is -1.44. The molecule has 0 unspecified atom stereocenters. The Labute approximate surface area is 90.7 Å². The lowest BCUT2D eigenvalue weighted by Crippen LogP contribution is -2.20. The van der Waals surface area contributed by atoms with E-state index in [0.29, 0.717) is 0 Å². The molecule has 0 bridgehead atoms. The molecule has 0 aliphatic rings. The van der Waals surface area contributed by atoms with Crippen LogP contribution in [0.15, 0.2) is 24.4 Å². The molecule has 1 aromatic carbocycles. The van der Waals surface area contributed by atoms with E-state index >= 15 is 0 Å². The van der Waals surface area contributed by atoms with E-state index in [1.54, 1.807) is 0 Å². The first-order valence-electron chi connectivity index (χ1n) is 5.27. The summed E-state index contributed by atoms with van der Waals surface area (Å²) < 4.78 is 2.30. The van der Waals surface area contributed by atoms with Crippen LogP contribution in [-0.4, -0.2) is 4.57 Å². The Morgan fingerprint density at radius 2 is 1.87 bits per heavy atom. The van der Waals surface area contributed by atoms with E-state index in [0.717, 1.165) is 5.69 Å². The molecular formula is C13H18N2. The van der Waals surface area contributed by atoms with Crippen LogP contribution < -0.4 is 5.73 Å². The Morgan fingerprint density at radius 1 is 1.20 bits per heavy atom. The highest BCUT2D eigenvalue weighted by Crippen LogP contribution is 2.28. The van der Waals surface area contributed by atoms with E-state index in [4.69, 9.17) is 5.73 Å². The number of anilines is 1. The maximum atomic E-state index is 5.83. The highest BCUT2D eigenvalue weighted by molar-refractivity contribution is 5.86. The molecule has 0 saturated heterocycles. The number of hydrogen-bond donors (Lipinski definition) is 1. The third-order valence-corrected chi connectivity index (χ3v) is 2.72. The van der Waals surface area contributed by atoms with Crippen molar-refractivity contribution in [3.63, 3.8) is 0 Å². The van der Waals surface area contributed by atoms with Gasteiger partial charge in [0.25, 0.3) is 0 Å². The topological polar surface area (TPSA) is 30.9 Å². The van der Waals surface area contributed by atoms with Crippen molar-refractivity contribution >= 4 is 16.6 Å². The molecule has 2 nitrogen and oxygen atoms in total. The molecule has 0 atom stereocenters. The zero-order valence-electron chi connectivity index (χ0n) is 9.83. The lowest BCUT2D eigenvalue weighted by Gasteiger charge is -2.23. The van der Waals surface area contributed by atoms with E-state index in [-0.39, 0.29) is 5.54 Å². The predicted molar refractivity (Wildman–Crippen MR) is 66.1 cm³/mol. The largest absolute Gasteiger partial charge is 0.399 e. The molecular weight excluding hydrogens is 184 g/mol. The third-order valence-electron chi connectivity index (χ3n) is 2.72. The molecule has 0 aliphatic carbocycles. The van der Waals surface area contributed by atoms with Crippen LogP contribution in [0.5, 0.6) is 0 Å². The number of benzene rings is 1. The lowest BCUT2D eigenvalue weighted by molar-refractivity contribution is 0.410. The highest BCUT2D eigenvalue weighted by atomic mass is 15.0. The molecule has 0 aliphatic heterocycles.